The number of aliphatic hydroxyl groups is 1. The zero-order valence-corrected chi connectivity index (χ0v) is 10.4. The minimum absolute atomic E-state index is 0.0628. The Kier molecular flexibility index (Phi) is 3.99. The lowest BCUT2D eigenvalue weighted by atomic mass is 10.1. The van der Waals surface area contributed by atoms with Crippen molar-refractivity contribution in [1.82, 2.24) is 4.90 Å². The summed E-state index contributed by atoms with van der Waals surface area (Å²) in [5, 5.41) is 18.4. The van der Waals surface area contributed by atoms with Crippen LogP contribution in [0.5, 0.6) is 0 Å². The monoisotopic (exact) mass is 285 g/mol. The van der Waals surface area contributed by atoms with E-state index in [4.69, 9.17) is 5.11 Å². The molecule has 20 heavy (non-hydrogen) atoms. The van der Waals surface area contributed by atoms with Crippen molar-refractivity contribution < 1.29 is 28.6 Å². The van der Waals surface area contributed by atoms with Crippen molar-refractivity contribution in [3.63, 3.8) is 0 Å². The average Bonchev–Trinajstić information content (AvgIpc) is 2.77. The fourth-order valence-electron chi connectivity index (χ4n) is 2.27. The largest absolute Gasteiger partial charge is 0.480 e. The van der Waals surface area contributed by atoms with E-state index in [1.807, 2.05) is 0 Å². The van der Waals surface area contributed by atoms with Crippen LogP contribution < -0.4 is 0 Å². The van der Waals surface area contributed by atoms with Gasteiger partial charge in [0.25, 0.3) is 0 Å². The number of rotatable bonds is 3. The highest BCUT2D eigenvalue weighted by atomic mass is 19.2. The number of carboxylic acid groups (broad SMARTS) is 1. The van der Waals surface area contributed by atoms with E-state index in [0.29, 0.717) is 0 Å². The maximum Gasteiger partial charge on any atom is 0.326 e. The first-order chi connectivity index (χ1) is 9.40. The van der Waals surface area contributed by atoms with Crippen LogP contribution in [0.4, 0.5) is 8.78 Å². The van der Waals surface area contributed by atoms with Gasteiger partial charge in [0.2, 0.25) is 5.91 Å². The van der Waals surface area contributed by atoms with Gasteiger partial charge in [-0.2, -0.15) is 0 Å². The molecule has 7 heteroatoms. The molecule has 0 aliphatic carbocycles. The van der Waals surface area contributed by atoms with Gasteiger partial charge in [-0.25, -0.2) is 13.6 Å². The van der Waals surface area contributed by atoms with Crippen molar-refractivity contribution in [3.8, 4) is 0 Å². The molecular formula is C13H13F2NO4. The van der Waals surface area contributed by atoms with E-state index in [-0.39, 0.29) is 18.5 Å². The standard InChI is InChI=1S/C13H13F2NO4/c14-9-3-1-2-7(12(9)15)4-11(18)16-6-8(17)5-10(16)13(19)20/h1-3,8,10,17H,4-6H2,(H,19,20)/t8-,10-/m1/s1. The van der Waals surface area contributed by atoms with E-state index in [1.54, 1.807) is 0 Å². The maximum atomic E-state index is 13.5. The average molecular weight is 285 g/mol. The lowest BCUT2D eigenvalue weighted by Gasteiger charge is -2.21. The van der Waals surface area contributed by atoms with E-state index >= 15 is 0 Å². The molecule has 0 saturated carbocycles. The summed E-state index contributed by atoms with van der Waals surface area (Å²) in [4.78, 5) is 24.0. The molecule has 0 radical (unpaired) electrons. The summed E-state index contributed by atoms with van der Waals surface area (Å²) in [6.07, 6.45) is -1.43. The minimum Gasteiger partial charge on any atom is -0.480 e. The van der Waals surface area contributed by atoms with Gasteiger partial charge in [-0.15, -0.1) is 0 Å². The highest BCUT2D eigenvalue weighted by Crippen LogP contribution is 2.20. The molecule has 1 aliphatic rings. The van der Waals surface area contributed by atoms with Gasteiger partial charge in [-0.3, -0.25) is 4.79 Å². The Labute approximate surface area is 113 Å². The number of aliphatic hydroxyl groups excluding tert-OH is 1. The first-order valence-electron chi connectivity index (χ1n) is 6.03. The van der Waals surface area contributed by atoms with Gasteiger partial charge in [0.05, 0.1) is 12.5 Å². The Bertz CT molecular complexity index is 549. The van der Waals surface area contributed by atoms with Gasteiger partial charge in [-0.1, -0.05) is 12.1 Å². The third-order valence-corrected chi connectivity index (χ3v) is 3.26. The van der Waals surface area contributed by atoms with E-state index < -0.39 is 42.1 Å². The highest BCUT2D eigenvalue weighted by Gasteiger charge is 2.38. The van der Waals surface area contributed by atoms with Crippen LogP contribution >= 0.6 is 0 Å². The number of hydrogen-bond donors (Lipinski definition) is 2. The normalized spacial score (nSPS) is 22.1. The SMILES string of the molecule is O=C(O)[C@H]1C[C@@H](O)CN1C(=O)Cc1cccc(F)c1F. The van der Waals surface area contributed by atoms with E-state index in [0.717, 1.165) is 11.0 Å². The Hall–Kier alpha value is -2.02. The molecular weight excluding hydrogens is 272 g/mol. The zero-order valence-electron chi connectivity index (χ0n) is 10.4. The molecule has 0 aromatic heterocycles. The van der Waals surface area contributed by atoms with Crippen molar-refractivity contribution in [1.29, 1.82) is 0 Å². The van der Waals surface area contributed by atoms with Crippen LogP contribution in [0.25, 0.3) is 0 Å². The second-order valence-electron chi connectivity index (χ2n) is 4.68. The fraction of sp³-hybridized carbons (Fsp3) is 0.385. The van der Waals surface area contributed by atoms with E-state index in [9.17, 15) is 23.5 Å². The summed E-state index contributed by atoms with van der Waals surface area (Å²) in [6, 6.07) is 2.34. The smallest absolute Gasteiger partial charge is 0.326 e. The lowest BCUT2D eigenvalue weighted by molar-refractivity contribution is -0.148. The summed E-state index contributed by atoms with van der Waals surface area (Å²) in [6.45, 7) is -0.118. The molecule has 1 aromatic rings. The predicted octanol–water partition coefficient (Wildman–Crippen LogP) is 0.554. The second-order valence-corrected chi connectivity index (χ2v) is 4.68. The van der Waals surface area contributed by atoms with E-state index in [1.165, 1.54) is 12.1 Å². The molecule has 1 aliphatic heterocycles. The van der Waals surface area contributed by atoms with Gasteiger partial charge < -0.3 is 15.1 Å². The van der Waals surface area contributed by atoms with Crippen LogP contribution in [0.3, 0.4) is 0 Å². The summed E-state index contributed by atoms with van der Waals surface area (Å²) in [5.41, 5.74) is -0.138. The summed E-state index contributed by atoms with van der Waals surface area (Å²) >= 11 is 0. The number of carbonyl (C=O) groups is 2. The number of β-amino-alcohol motifs (C(OH)–C–C–N with tert-alkyl or cyclic N) is 1. The number of benzene rings is 1. The van der Waals surface area contributed by atoms with Crippen molar-refractivity contribution in [2.45, 2.75) is 25.0 Å². The molecule has 108 valence electrons. The summed E-state index contributed by atoms with van der Waals surface area (Å²) in [7, 11) is 0. The third-order valence-electron chi connectivity index (χ3n) is 3.26. The summed E-state index contributed by atoms with van der Waals surface area (Å²) < 4.78 is 26.5. The van der Waals surface area contributed by atoms with Crippen LogP contribution in [0, 0.1) is 11.6 Å². The van der Waals surface area contributed by atoms with E-state index in [2.05, 4.69) is 0 Å². The van der Waals surface area contributed by atoms with Crippen LogP contribution in [0.2, 0.25) is 0 Å². The molecule has 0 unspecified atom stereocenters. The molecule has 5 nitrogen and oxygen atoms in total. The molecule has 1 amide bonds. The van der Waals surface area contributed by atoms with Crippen molar-refractivity contribution in [2.24, 2.45) is 0 Å². The molecule has 0 bridgehead atoms. The van der Waals surface area contributed by atoms with Gasteiger partial charge in [0.15, 0.2) is 11.6 Å². The summed E-state index contributed by atoms with van der Waals surface area (Å²) in [5.74, 6) is -4.06. The molecule has 1 heterocycles. The molecule has 1 fully saturated rings. The molecule has 0 spiro atoms. The number of carbonyl (C=O) groups excluding carboxylic acids is 1. The van der Waals surface area contributed by atoms with Crippen LogP contribution in [0.1, 0.15) is 12.0 Å². The molecule has 1 saturated heterocycles. The number of aliphatic carboxylic acids is 1. The molecule has 2 rings (SSSR count). The van der Waals surface area contributed by atoms with Gasteiger partial charge in [0.1, 0.15) is 6.04 Å². The number of likely N-dealkylation sites (tertiary alicyclic amines) is 1. The number of halogens is 2. The lowest BCUT2D eigenvalue weighted by Crippen LogP contribution is -2.41. The predicted molar refractivity (Wildman–Crippen MR) is 63.8 cm³/mol. The quantitative estimate of drug-likeness (QED) is 0.850. The zero-order chi connectivity index (χ0) is 14.9. The molecule has 2 N–H and O–H groups in total. The number of nitrogens with zero attached hydrogens (tertiary/aromatic N) is 1. The van der Waals surface area contributed by atoms with Gasteiger partial charge >= 0.3 is 5.97 Å². The number of carboxylic acids is 1. The maximum absolute atomic E-state index is 13.5. The molecule has 2 atom stereocenters. The van der Waals surface area contributed by atoms with Gasteiger partial charge in [0, 0.05) is 18.5 Å². The van der Waals surface area contributed by atoms with Crippen LogP contribution in [0.15, 0.2) is 18.2 Å². The number of amides is 1. The van der Waals surface area contributed by atoms with Crippen LogP contribution in [-0.4, -0.2) is 45.7 Å². The second kappa shape index (κ2) is 5.54. The first kappa shape index (κ1) is 14.4. The van der Waals surface area contributed by atoms with Crippen LogP contribution in [-0.2, 0) is 16.0 Å². The van der Waals surface area contributed by atoms with Crippen molar-refractivity contribution in [2.75, 3.05) is 6.54 Å². The number of hydrogen-bond acceptors (Lipinski definition) is 3. The highest BCUT2D eigenvalue weighted by molar-refractivity contribution is 5.85. The Balaban J connectivity index is 2.15. The molecule has 1 aromatic carbocycles. The fourth-order valence-corrected chi connectivity index (χ4v) is 2.27. The topological polar surface area (TPSA) is 77.8 Å². The third kappa shape index (κ3) is 2.77. The minimum atomic E-state index is -1.23. The Morgan fingerprint density at radius 3 is 2.70 bits per heavy atom. The van der Waals surface area contributed by atoms with Crippen molar-refractivity contribution in [3.05, 3.63) is 35.4 Å². The first-order valence-corrected chi connectivity index (χ1v) is 6.03. The Morgan fingerprint density at radius 1 is 1.35 bits per heavy atom. The Morgan fingerprint density at radius 2 is 2.05 bits per heavy atom. The van der Waals surface area contributed by atoms with Gasteiger partial charge in [-0.05, 0) is 6.07 Å². The van der Waals surface area contributed by atoms with Crippen molar-refractivity contribution >= 4 is 11.9 Å².